The van der Waals surface area contributed by atoms with E-state index in [0.29, 0.717) is 18.5 Å². The molecule has 4 N–H and O–H groups in total. The normalized spacial score (nSPS) is 13.1. The highest BCUT2D eigenvalue weighted by Crippen LogP contribution is 2.36. The van der Waals surface area contributed by atoms with E-state index in [0.717, 1.165) is 19.3 Å². The number of ether oxygens (including phenoxy) is 1. The summed E-state index contributed by atoms with van der Waals surface area (Å²) in [7, 11) is 0. The molecule has 0 aromatic heterocycles. The van der Waals surface area contributed by atoms with Gasteiger partial charge in [0.05, 0.1) is 0 Å². The predicted molar refractivity (Wildman–Crippen MR) is 160 cm³/mol. The molecule has 9 heteroatoms. The second-order valence-electron chi connectivity index (χ2n) is 11.9. The highest BCUT2D eigenvalue weighted by Gasteiger charge is 2.44. The summed E-state index contributed by atoms with van der Waals surface area (Å²) < 4.78 is 5.47. The number of benzene rings is 2. The molecule has 0 saturated carbocycles. The Labute approximate surface area is 244 Å². The minimum absolute atomic E-state index is 0.0739. The number of carbonyl (C=O) groups is 3. The van der Waals surface area contributed by atoms with E-state index in [2.05, 4.69) is 17.6 Å². The number of nitrogens with zero attached hydrogens (tertiary/aromatic N) is 1. The molecule has 3 amide bonds. The van der Waals surface area contributed by atoms with E-state index < -0.39 is 41.1 Å². The third kappa shape index (κ3) is 9.99. The average Bonchev–Trinajstić information content (AvgIpc) is 2.89. The Bertz CT molecular complexity index is 1160. The van der Waals surface area contributed by atoms with Gasteiger partial charge in [0.1, 0.15) is 29.2 Å². The Hall–Kier alpha value is -3.75. The Morgan fingerprint density at radius 3 is 2.12 bits per heavy atom. The SMILES string of the molecule is CCCCCNC(=O)C(c1ccccc1O)N(C(=O)C(Cc1ccc(O)cc1)NC(=O)OC(C)(C)C)C(C)(C)CC. The number of phenolic OH excluding ortho intramolecular Hbond substituents is 2. The third-order valence-electron chi connectivity index (χ3n) is 6.94. The number of rotatable bonds is 13. The maximum absolute atomic E-state index is 14.6. The van der Waals surface area contributed by atoms with Crippen LogP contribution in [0, 0.1) is 0 Å². The molecule has 0 heterocycles. The van der Waals surface area contributed by atoms with E-state index >= 15 is 0 Å². The standard InChI is InChI=1S/C32H47N3O6/c1-8-10-13-20-33-28(38)27(24-14-11-12-15-26(24)37)35(32(6,7)9-2)29(39)25(34-30(40)41-31(3,4)5)21-22-16-18-23(36)19-17-22/h11-12,14-19,25,27,36-37H,8-10,13,20-21H2,1-7H3,(H,33,38)(H,34,40). The van der Waals surface area contributed by atoms with Gasteiger partial charge >= 0.3 is 6.09 Å². The quantitative estimate of drug-likeness (QED) is 0.233. The van der Waals surface area contributed by atoms with Gasteiger partial charge in [-0.15, -0.1) is 0 Å². The lowest BCUT2D eigenvalue weighted by Crippen LogP contribution is -2.59. The van der Waals surface area contributed by atoms with Crippen LogP contribution in [-0.4, -0.2) is 56.7 Å². The van der Waals surface area contributed by atoms with Gasteiger partial charge in [-0.2, -0.15) is 0 Å². The van der Waals surface area contributed by atoms with Crippen LogP contribution < -0.4 is 10.6 Å². The zero-order chi connectivity index (χ0) is 30.8. The van der Waals surface area contributed by atoms with E-state index in [9.17, 15) is 24.6 Å². The van der Waals surface area contributed by atoms with E-state index in [-0.39, 0.29) is 23.5 Å². The number of para-hydroxylation sites is 1. The topological polar surface area (TPSA) is 128 Å². The molecule has 0 bridgehead atoms. The number of alkyl carbamates (subject to hydrolysis) is 1. The largest absolute Gasteiger partial charge is 0.508 e. The van der Waals surface area contributed by atoms with Gasteiger partial charge in [-0.05, 0) is 71.2 Å². The van der Waals surface area contributed by atoms with Gasteiger partial charge in [0, 0.05) is 24.1 Å². The number of phenols is 2. The molecule has 2 atom stereocenters. The first-order valence-electron chi connectivity index (χ1n) is 14.4. The lowest BCUT2D eigenvalue weighted by atomic mass is 9.90. The average molecular weight is 570 g/mol. The minimum atomic E-state index is -1.16. The molecule has 2 aromatic rings. The molecular weight excluding hydrogens is 522 g/mol. The van der Waals surface area contributed by atoms with Gasteiger partial charge in [0.2, 0.25) is 11.8 Å². The molecule has 0 fully saturated rings. The van der Waals surface area contributed by atoms with Crippen LogP contribution in [0.4, 0.5) is 4.79 Å². The van der Waals surface area contributed by atoms with Gasteiger partial charge in [0.15, 0.2) is 0 Å². The summed E-state index contributed by atoms with van der Waals surface area (Å²) in [5.74, 6) is -0.961. The van der Waals surface area contributed by atoms with Gasteiger partial charge in [-0.3, -0.25) is 9.59 Å². The number of hydrogen-bond acceptors (Lipinski definition) is 6. The van der Waals surface area contributed by atoms with Crippen molar-refractivity contribution in [2.45, 2.75) is 104 Å². The van der Waals surface area contributed by atoms with Crippen LogP contribution in [0.1, 0.15) is 91.3 Å². The first-order chi connectivity index (χ1) is 19.2. The monoisotopic (exact) mass is 569 g/mol. The minimum Gasteiger partial charge on any atom is -0.508 e. The number of unbranched alkanes of at least 4 members (excludes halogenated alkanes) is 2. The summed E-state index contributed by atoms with van der Waals surface area (Å²) >= 11 is 0. The molecular formula is C32H47N3O6. The number of hydrogen-bond donors (Lipinski definition) is 4. The van der Waals surface area contributed by atoms with Crippen LogP contribution >= 0.6 is 0 Å². The van der Waals surface area contributed by atoms with Gasteiger partial charge in [-0.1, -0.05) is 57.0 Å². The molecule has 226 valence electrons. The second kappa shape index (κ2) is 14.8. The third-order valence-corrected chi connectivity index (χ3v) is 6.94. The van der Waals surface area contributed by atoms with Crippen molar-refractivity contribution in [3.05, 3.63) is 59.7 Å². The number of amides is 3. The number of nitrogens with one attached hydrogen (secondary N) is 2. The zero-order valence-corrected chi connectivity index (χ0v) is 25.5. The van der Waals surface area contributed by atoms with Crippen LogP contribution in [0.2, 0.25) is 0 Å². The molecule has 0 aliphatic rings. The summed E-state index contributed by atoms with van der Waals surface area (Å²) in [5.41, 5.74) is -0.672. The lowest BCUT2D eigenvalue weighted by molar-refractivity contribution is -0.149. The molecule has 2 unspecified atom stereocenters. The van der Waals surface area contributed by atoms with Crippen LogP contribution in [-0.2, 0) is 20.7 Å². The Morgan fingerprint density at radius 1 is 0.927 bits per heavy atom. The zero-order valence-electron chi connectivity index (χ0n) is 25.5. The molecule has 0 spiro atoms. The summed E-state index contributed by atoms with van der Waals surface area (Å²) in [6.45, 7) is 13.3. The van der Waals surface area contributed by atoms with Gasteiger partial charge in [-0.25, -0.2) is 4.79 Å². The highest BCUT2D eigenvalue weighted by atomic mass is 16.6. The first kappa shape index (κ1) is 33.5. The first-order valence-corrected chi connectivity index (χ1v) is 14.4. The number of aromatic hydroxyl groups is 2. The van der Waals surface area contributed by atoms with Gasteiger partial charge < -0.3 is 30.5 Å². The molecule has 0 saturated heterocycles. The van der Waals surface area contributed by atoms with E-state index in [1.807, 2.05) is 20.8 Å². The van der Waals surface area contributed by atoms with E-state index in [1.54, 1.807) is 51.1 Å². The molecule has 2 rings (SSSR count). The molecule has 0 radical (unpaired) electrons. The molecule has 41 heavy (non-hydrogen) atoms. The highest BCUT2D eigenvalue weighted by molar-refractivity contribution is 5.93. The Balaban J connectivity index is 2.62. The van der Waals surface area contributed by atoms with Crippen molar-refractivity contribution >= 4 is 17.9 Å². The van der Waals surface area contributed by atoms with Crippen molar-refractivity contribution in [2.24, 2.45) is 0 Å². The fourth-order valence-electron chi connectivity index (χ4n) is 4.43. The predicted octanol–water partition coefficient (Wildman–Crippen LogP) is 5.60. The van der Waals surface area contributed by atoms with Crippen LogP contribution in [0.5, 0.6) is 11.5 Å². The summed E-state index contributed by atoms with van der Waals surface area (Å²) in [4.78, 5) is 42.8. The van der Waals surface area contributed by atoms with Gasteiger partial charge in [0.25, 0.3) is 0 Å². The van der Waals surface area contributed by atoms with Crippen molar-refractivity contribution in [2.75, 3.05) is 6.54 Å². The Morgan fingerprint density at radius 2 is 1.56 bits per heavy atom. The van der Waals surface area contributed by atoms with Crippen molar-refractivity contribution < 1.29 is 29.3 Å². The maximum Gasteiger partial charge on any atom is 0.408 e. The van der Waals surface area contributed by atoms with Crippen molar-refractivity contribution in [1.29, 1.82) is 0 Å². The smallest absolute Gasteiger partial charge is 0.408 e. The lowest BCUT2D eigenvalue weighted by Gasteiger charge is -2.44. The van der Waals surface area contributed by atoms with Crippen LogP contribution in [0.25, 0.3) is 0 Å². The molecule has 0 aliphatic heterocycles. The van der Waals surface area contributed by atoms with E-state index in [4.69, 9.17) is 4.74 Å². The molecule has 2 aromatic carbocycles. The number of carbonyl (C=O) groups excluding carboxylic acids is 3. The molecule has 9 nitrogen and oxygen atoms in total. The summed E-state index contributed by atoms with van der Waals surface area (Å²) in [6.07, 6.45) is 2.52. The molecule has 0 aliphatic carbocycles. The fraction of sp³-hybridized carbons (Fsp3) is 0.531. The van der Waals surface area contributed by atoms with Crippen LogP contribution in [0.3, 0.4) is 0 Å². The fourth-order valence-corrected chi connectivity index (χ4v) is 4.43. The van der Waals surface area contributed by atoms with Crippen molar-refractivity contribution in [3.63, 3.8) is 0 Å². The van der Waals surface area contributed by atoms with Crippen molar-refractivity contribution in [3.8, 4) is 11.5 Å². The van der Waals surface area contributed by atoms with Crippen molar-refractivity contribution in [1.82, 2.24) is 15.5 Å². The van der Waals surface area contributed by atoms with E-state index in [1.165, 1.54) is 23.1 Å². The van der Waals surface area contributed by atoms with Crippen LogP contribution in [0.15, 0.2) is 48.5 Å². The summed E-state index contributed by atoms with van der Waals surface area (Å²) in [6, 6.07) is 10.6. The maximum atomic E-state index is 14.6. The Kier molecular flexibility index (Phi) is 12.0. The second-order valence-corrected chi connectivity index (χ2v) is 11.9. The summed E-state index contributed by atoms with van der Waals surface area (Å²) in [5, 5.41) is 26.3.